The van der Waals surface area contributed by atoms with Gasteiger partial charge in [-0.1, -0.05) is 36.4 Å². The molecule has 6 nitrogen and oxygen atoms in total. The maximum atomic E-state index is 12.4. The molecule has 0 aliphatic carbocycles. The SMILES string of the molecule is O=C(C=Cc1cccnc1)NCCCCN1C(=O)SC(=Cc2ccccc2)C1=O. The topological polar surface area (TPSA) is 79.4 Å². The summed E-state index contributed by atoms with van der Waals surface area (Å²) in [5.41, 5.74) is 1.74. The third kappa shape index (κ3) is 6.15. The van der Waals surface area contributed by atoms with Crippen LogP contribution in [0.25, 0.3) is 12.2 Å². The number of carbonyl (C=O) groups is 3. The maximum Gasteiger partial charge on any atom is 0.293 e. The van der Waals surface area contributed by atoms with Crippen molar-refractivity contribution in [1.82, 2.24) is 15.2 Å². The number of nitrogens with zero attached hydrogens (tertiary/aromatic N) is 2. The quantitative estimate of drug-likeness (QED) is 0.533. The second-order valence-electron chi connectivity index (χ2n) is 6.36. The van der Waals surface area contributed by atoms with E-state index in [0.717, 1.165) is 22.9 Å². The number of hydrogen-bond donors (Lipinski definition) is 1. The molecule has 1 aliphatic heterocycles. The lowest BCUT2D eigenvalue weighted by molar-refractivity contribution is -0.123. The summed E-state index contributed by atoms with van der Waals surface area (Å²) in [5, 5.41) is 2.54. The molecule has 0 bridgehead atoms. The zero-order valence-electron chi connectivity index (χ0n) is 15.8. The lowest BCUT2D eigenvalue weighted by Crippen LogP contribution is -2.30. The molecule has 1 aromatic carbocycles. The van der Waals surface area contributed by atoms with E-state index in [-0.39, 0.29) is 17.1 Å². The van der Waals surface area contributed by atoms with Crippen molar-refractivity contribution < 1.29 is 14.4 Å². The van der Waals surface area contributed by atoms with Gasteiger partial charge in [-0.05, 0) is 53.9 Å². The molecule has 0 saturated carbocycles. The second-order valence-corrected chi connectivity index (χ2v) is 7.36. The predicted octanol–water partition coefficient (Wildman–Crippen LogP) is 3.73. The molecule has 3 rings (SSSR count). The van der Waals surface area contributed by atoms with Gasteiger partial charge >= 0.3 is 0 Å². The van der Waals surface area contributed by atoms with E-state index >= 15 is 0 Å². The van der Waals surface area contributed by atoms with E-state index in [1.807, 2.05) is 36.4 Å². The molecule has 0 unspecified atom stereocenters. The molecule has 1 N–H and O–H groups in total. The highest BCUT2D eigenvalue weighted by Gasteiger charge is 2.34. The summed E-state index contributed by atoms with van der Waals surface area (Å²) in [6.45, 7) is 0.824. The zero-order valence-corrected chi connectivity index (χ0v) is 16.6. The molecular weight excluding hydrogens is 386 g/mol. The van der Waals surface area contributed by atoms with E-state index < -0.39 is 0 Å². The number of amides is 3. The standard InChI is InChI=1S/C22H21N3O3S/c26-20(11-10-18-9-6-12-23-16-18)24-13-4-5-14-25-21(27)19(29-22(25)28)15-17-7-2-1-3-8-17/h1-3,6-12,15-16H,4-5,13-14H2,(H,24,26). The van der Waals surface area contributed by atoms with Crippen LogP contribution in [0.2, 0.25) is 0 Å². The van der Waals surface area contributed by atoms with Crippen LogP contribution in [0.15, 0.2) is 65.8 Å². The highest BCUT2D eigenvalue weighted by atomic mass is 32.2. The van der Waals surface area contributed by atoms with Gasteiger partial charge in [-0.15, -0.1) is 0 Å². The highest BCUT2D eigenvalue weighted by Crippen LogP contribution is 2.32. The van der Waals surface area contributed by atoms with Gasteiger partial charge in [0.05, 0.1) is 4.91 Å². The number of nitrogens with one attached hydrogen (secondary N) is 1. The number of benzene rings is 1. The zero-order chi connectivity index (χ0) is 20.5. The smallest absolute Gasteiger partial charge is 0.293 e. The van der Waals surface area contributed by atoms with Crippen LogP contribution in [0.3, 0.4) is 0 Å². The van der Waals surface area contributed by atoms with Gasteiger partial charge in [0.1, 0.15) is 0 Å². The van der Waals surface area contributed by atoms with Crippen molar-refractivity contribution >= 4 is 41.0 Å². The molecule has 3 amide bonds. The lowest BCUT2D eigenvalue weighted by Gasteiger charge is -2.12. The van der Waals surface area contributed by atoms with Crippen molar-refractivity contribution in [3.63, 3.8) is 0 Å². The summed E-state index contributed by atoms with van der Waals surface area (Å²) in [6, 6.07) is 13.1. The molecule has 1 aromatic heterocycles. The van der Waals surface area contributed by atoms with Crippen molar-refractivity contribution in [2.24, 2.45) is 0 Å². The molecule has 0 radical (unpaired) electrons. The van der Waals surface area contributed by atoms with Crippen molar-refractivity contribution in [2.75, 3.05) is 13.1 Å². The van der Waals surface area contributed by atoms with Crippen LogP contribution >= 0.6 is 11.8 Å². The van der Waals surface area contributed by atoms with Crippen molar-refractivity contribution in [2.45, 2.75) is 12.8 Å². The molecule has 2 aromatic rings. The van der Waals surface area contributed by atoms with Crippen LogP contribution in [-0.2, 0) is 9.59 Å². The minimum atomic E-state index is -0.257. The van der Waals surface area contributed by atoms with Crippen LogP contribution < -0.4 is 5.32 Å². The molecular formula is C22H21N3O3S. The first-order valence-corrected chi connectivity index (χ1v) is 10.1. The van der Waals surface area contributed by atoms with Gasteiger partial charge in [0.15, 0.2) is 0 Å². The number of aromatic nitrogens is 1. The molecule has 0 atom stereocenters. The molecule has 1 aliphatic rings. The summed E-state index contributed by atoms with van der Waals surface area (Å²) >= 11 is 0.964. The average molecular weight is 407 g/mol. The monoisotopic (exact) mass is 407 g/mol. The Morgan fingerprint density at radius 1 is 1.07 bits per heavy atom. The predicted molar refractivity (Wildman–Crippen MR) is 115 cm³/mol. The Hall–Kier alpha value is -3.19. The number of pyridine rings is 1. The van der Waals surface area contributed by atoms with Gasteiger partial charge in [-0.25, -0.2) is 0 Å². The molecule has 7 heteroatoms. The number of carbonyl (C=O) groups excluding carboxylic acids is 3. The summed E-state index contributed by atoms with van der Waals surface area (Å²) < 4.78 is 0. The Balaban J connectivity index is 1.40. The number of rotatable bonds is 8. The number of thioether (sulfide) groups is 1. The molecule has 2 heterocycles. The van der Waals surface area contributed by atoms with Crippen molar-refractivity contribution in [1.29, 1.82) is 0 Å². The molecule has 1 fully saturated rings. The molecule has 148 valence electrons. The number of unbranched alkanes of at least 4 members (excludes halogenated alkanes) is 1. The Bertz CT molecular complexity index is 927. The van der Waals surface area contributed by atoms with E-state index in [4.69, 9.17) is 0 Å². The first-order valence-electron chi connectivity index (χ1n) is 9.30. The van der Waals surface area contributed by atoms with E-state index in [0.29, 0.717) is 30.8 Å². The van der Waals surface area contributed by atoms with Crippen LogP contribution in [0, 0.1) is 0 Å². The first-order chi connectivity index (χ1) is 14.1. The second kappa shape index (κ2) is 10.4. The van der Waals surface area contributed by atoms with E-state index in [9.17, 15) is 14.4 Å². The van der Waals surface area contributed by atoms with Gasteiger partial charge < -0.3 is 5.32 Å². The minimum Gasteiger partial charge on any atom is -0.353 e. The van der Waals surface area contributed by atoms with Crippen molar-refractivity contribution in [3.8, 4) is 0 Å². The number of imide groups is 1. The Labute approximate surface area is 173 Å². The van der Waals surface area contributed by atoms with Crippen LogP contribution in [-0.4, -0.2) is 40.0 Å². The van der Waals surface area contributed by atoms with Crippen LogP contribution in [0.4, 0.5) is 4.79 Å². The summed E-state index contributed by atoms with van der Waals surface area (Å²) in [7, 11) is 0. The van der Waals surface area contributed by atoms with E-state index in [2.05, 4.69) is 10.3 Å². The van der Waals surface area contributed by atoms with Gasteiger partial charge in [0.25, 0.3) is 11.1 Å². The first kappa shape index (κ1) is 20.5. The van der Waals surface area contributed by atoms with Gasteiger partial charge in [0, 0.05) is 31.6 Å². The maximum absolute atomic E-state index is 12.4. The Morgan fingerprint density at radius 3 is 2.62 bits per heavy atom. The lowest BCUT2D eigenvalue weighted by atomic mass is 10.2. The van der Waals surface area contributed by atoms with E-state index in [1.54, 1.807) is 30.6 Å². The Kier molecular flexibility index (Phi) is 7.35. The average Bonchev–Trinajstić information content (AvgIpc) is 3.00. The fourth-order valence-electron chi connectivity index (χ4n) is 2.71. The summed E-state index contributed by atoms with van der Waals surface area (Å²) in [5.74, 6) is -0.446. The van der Waals surface area contributed by atoms with Crippen molar-refractivity contribution in [3.05, 3.63) is 77.0 Å². The fourth-order valence-corrected chi connectivity index (χ4v) is 3.57. The van der Waals surface area contributed by atoms with Gasteiger partial charge in [0.2, 0.25) is 5.91 Å². The van der Waals surface area contributed by atoms with E-state index in [1.165, 1.54) is 11.0 Å². The van der Waals surface area contributed by atoms with Gasteiger partial charge in [-0.2, -0.15) is 0 Å². The normalized spacial score (nSPS) is 15.4. The third-order valence-electron chi connectivity index (χ3n) is 4.19. The minimum absolute atomic E-state index is 0.189. The van der Waals surface area contributed by atoms with Crippen LogP contribution in [0.1, 0.15) is 24.0 Å². The highest BCUT2D eigenvalue weighted by molar-refractivity contribution is 8.18. The largest absolute Gasteiger partial charge is 0.353 e. The molecule has 0 spiro atoms. The van der Waals surface area contributed by atoms with Crippen LogP contribution in [0.5, 0.6) is 0 Å². The third-order valence-corrected chi connectivity index (χ3v) is 5.10. The fraction of sp³-hybridized carbons (Fsp3) is 0.182. The van der Waals surface area contributed by atoms with Gasteiger partial charge in [-0.3, -0.25) is 24.3 Å². The molecule has 1 saturated heterocycles. The molecule has 29 heavy (non-hydrogen) atoms. The summed E-state index contributed by atoms with van der Waals surface area (Å²) in [4.78, 5) is 42.1. The Morgan fingerprint density at radius 2 is 1.86 bits per heavy atom. The summed E-state index contributed by atoms with van der Waals surface area (Å²) in [6.07, 6.45) is 9.54. The number of hydrogen-bond acceptors (Lipinski definition) is 5.